The lowest BCUT2D eigenvalue weighted by atomic mass is 10.0. The molecule has 0 bridgehead atoms. The Kier molecular flexibility index (Phi) is 9.55. The van der Waals surface area contributed by atoms with Crippen LogP contribution in [0.15, 0.2) is 0 Å². The van der Waals surface area contributed by atoms with E-state index < -0.39 is 44.2 Å². The van der Waals surface area contributed by atoms with E-state index in [0.29, 0.717) is 12.8 Å². The van der Waals surface area contributed by atoms with E-state index >= 15 is 0 Å². The Hall–Kier alpha value is -1.03. The third-order valence-electron chi connectivity index (χ3n) is 3.82. The highest BCUT2D eigenvalue weighted by atomic mass is 28.3. The molecule has 0 aliphatic heterocycles. The molecule has 0 radical (unpaired) electrons. The lowest BCUT2D eigenvalue weighted by Crippen LogP contribution is -2.28. The van der Waals surface area contributed by atoms with E-state index in [-0.39, 0.29) is 12.5 Å². The smallest absolute Gasteiger partial charge is 0.379 e. The van der Waals surface area contributed by atoms with Gasteiger partial charge in [0.2, 0.25) is 5.82 Å². The largest absolute Gasteiger partial charge is 0.483 e. The van der Waals surface area contributed by atoms with Gasteiger partial charge in [0.25, 0.3) is 0 Å². The monoisotopic (exact) mass is 386 g/mol. The fraction of sp³-hybridized carbons (Fsp3) is 0.625. The molecule has 1 unspecified atom stereocenters. The topological polar surface area (TPSA) is 27.7 Å². The van der Waals surface area contributed by atoms with Crippen molar-refractivity contribution in [2.24, 2.45) is 0 Å². The normalized spacial score (nSPS) is 12.8. The van der Waals surface area contributed by atoms with Crippen molar-refractivity contribution in [1.82, 2.24) is 0 Å². The van der Waals surface area contributed by atoms with Gasteiger partial charge in [-0.1, -0.05) is 19.3 Å². The van der Waals surface area contributed by atoms with Gasteiger partial charge in [0.15, 0.2) is 23.3 Å². The summed E-state index contributed by atoms with van der Waals surface area (Å²) in [6.45, 7) is 1.90. The van der Waals surface area contributed by atoms with Crippen LogP contribution in [0.5, 0.6) is 0 Å². The Balaban J connectivity index is 2.35. The summed E-state index contributed by atoms with van der Waals surface area (Å²) in [6, 6.07) is 0. The summed E-state index contributed by atoms with van der Waals surface area (Å²) in [5.41, 5.74) is -0.748. The summed E-state index contributed by atoms with van der Waals surface area (Å²) >= 11 is 0. The summed E-state index contributed by atoms with van der Waals surface area (Å²) in [6.07, 6.45) is 3.05. The Morgan fingerprint density at radius 1 is 0.760 bits per heavy atom. The molecule has 0 amide bonds. The first-order chi connectivity index (χ1) is 11.8. The Bertz CT molecular complexity index is 526. The third-order valence-corrected chi connectivity index (χ3v) is 5.27. The maximum Gasteiger partial charge on any atom is 0.483 e. The maximum atomic E-state index is 13.5. The SMILES string of the molecule is CO[SiH](OC)OC(C)CCCCCCc1c(F)c(F)c(F)c(F)c1F. The summed E-state index contributed by atoms with van der Waals surface area (Å²) in [5, 5.41) is 0. The second-order valence-electron chi connectivity index (χ2n) is 5.71. The predicted molar refractivity (Wildman–Crippen MR) is 84.7 cm³/mol. The zero-order valence-electron chi connectivity index (χ0n) is 14.5. The van der Waals surface area contributed by atoms with Crippen molar-refractivity contribution < 1.29 is 35.2 Å². The first-order valence-corrected chi connectivity index (χ1v) is 9.46. The van der Waals surface area contributed by atoms with Gasteiger partial charge in [0.1, 0.15) is 0 Å². The van der Waals surface area contributed by atoms with Gasteiger partial charge in [0, 0.05) is 25.9 Å². The van der Waals surface area contributed by atoms with E-state index in [2.05, 4.69) is 0 Å². The highest BCUT2D eigenvalue weighted by Crippen LogP contribution is 2.24. The summed E-state index contributed by atoms with van der Waals surface area (Å²) in [5.74, 6) is -9.39. The molecule has 0 aliphatic rings. The minimum absolute atomic E-state index is 0.0354. The Morgan fingerprint density at radius 2 is 1.24 bits per heavy atom. The average Bonchev–Trinajstić information content (AvgIpc) is 2.61. The van der Waals surface area contributed by atoms with Crippen molar-refractivity contribution in [1.29, 1.82) is 0 Å². The molecule has 3 nitrogen and oxygen atoms in total. The van der Waals surface area contributed by atoms with Crippen LogP contribution >= 0.6 is 0 Å². The van der Waals surface area contributed by atoms with Gasteiger partial charge in [0.05, 0.1) is 0 Å². The molecule has 1 rings (SSSR count). The van der Waals surface area contributed by atoms with Gasteiger partial charge in [-0.3, -0.25) is 0 Å². The molecular formula is C16H23F5O3Si. The molecule has 1 atom stereocenters. The molecule has 0 heterocycles. The van der Waals surface area contributed by atoms with Crippen LogP contribution < -0.4 is 0 Å². The van der Waals surface area contributed by atoms with Crippen LogP contribution in [0.2, 0.25) is 0 Å². The standard InChI is InChI=1S/C16H23F5O3Si/c1-10(24-25(22-2)23-3)8-6-4-5-7-9-11-12(17)14(19)16(21)15(20)13(11)18/h10,25H,4-9H2,1-3H3. The van der Waals surface area contributed by atoms with Crippen LogP contribution in [-0.4, -0.2) is 29.9 Å². The van der Waals surface area contributed by atoms with Crippen LogP contribution in [0.3, 0.4) is 0 Å². The zero-order valence-corrected chi connectivity index (χ0v) is 15.7. The highest BCUT2D eigenvalue weighted by molar-refractivity contribution is 6.36. The second kappa shape index (κ2) is 10.8. The molecule has 9 heteroatoms. The molecular weight excluding hydrogens is 363 g/mol. The maximum absolute atomic E-state index is 13.5. The molecule has 0 aromatic heterocycles. The summed E-state index contributed by atoms with van der Waals surface area (Å²) in [4.78, 5) is 0. The molecule has 1 aromatic carbocycles. The van der Waals surface area contributed by atoms with Gasteiger partial charge >= 0.3 is 9.53 Å². The van der Waals surface area contributed by atoms with E-state index in [9.17, 15) is 22.0 Å². The molecule has 0 spiro atoms. The average molecular weight is 386 g/mol. The molecule has 25 heavy (non-hydrogen) atoms. The highest BCUT2D eigenvalue weighted by Gasteiger charge is 2.25. The van der Waals surface area contributed by atoms with Gasteiger partial charge in [-0.25, -0.2) is 22.0 Å². The molecule has 0 saturated heterocycles. The van der Waals surface area contributed by atoms with Crippen molar-refractivity contribution in [3.63, 3.8) is 0 Å². The number of unbranched alkanes of at least 4 members (excludes halogenated alkanes) is 3. The molecule has 0 saturated carbocycles. The van der Waals surface area contributed by atoms with Crippen molar-refractivity contribution >= 4 is 9.53 Å². The summed E-state index contributed by atoms with van der Waals surface area (Å²) < 4.78 is 81.8. The molecule has 144 valence electrons. The minimum atomic E-state index is -2.12. The van der Waals surface area contributed by atoms with Crippen molar-refractivity contribution in [2.75, 3.05) is 14.2 Å². The third kappa shape index (κ3) is 6.32. The van der Waals surface area contributed by atoms with E-state index in [1.165, 1.54) is 14.2 Å². The van der Waals surface area contributed by atoms with Gasteiger partial charge < -0.3 is 13.3 Å². The quantitative estimate of drug-likeness (QED) is 0.187. The van der Waals surface area contributed by atoms with Crippen LogP contribution in [0.25, 0.3) is 0 Å². The van der Waals surface area contributed by atoms with Crippen LogP contribution in [-0.2, 0) is 19.7 Å². The molecule has 0 aliphatic carbocycles. The Labute approximate surface area is 146 Å². The van der Waals surface area contributed by atoms with Crippen molar-refractivity contribution in [3.8, 4) is 0 Å². The lowest BCUT2D eigenvalue weighted by Gasteiger charge is -2.17. The number of benzene rings is 1. The van der Waals surface area contributed by atoms with Crippen molar-refractivity contribution in [2.45, 2.75) is 51.6 Å². The minimum Gasteiger partial charge on any atom is -0.379 e. The number of hydrogen-bond acceptors (Lipinski definition) is 3. The first kappa shape index (κ1) is 22.0. The van der Waals surface area contributed by atoms with Gasteiger partial charge in [-0.15, -0.1) is 0 Å². The molecule has 1 aromatic rings. The predicted octanol–water partition coefficient (Wildman–Crippen LogP) is 4.29. The van der Waals surface area contributed by atoms with E-state index in [0.717, 1.165) is 19.3 Å². The lowest BCUT2D eigenvalue weighted by molar-refractivity contribution is 0.0892. The van der Waals surface area contributed by atoms with Crippen LogP contribution in [0, 0.1) is 29.1 Å². The zero-order chi connectivity index (χ0) is 19.0. The van der Waals surface area contributed by atoms with E-state index in [1.807, 2.05) is 6.92 Å². The molecule has 0 fully saturated rings. The fourth-order valence-electron chi connectivity index (χ4n) is 2.42. The fourth-order valence-corrected chi connectivity index (χ4v) is 3.35. The first-order valence-electron chi connectivity index (χ1n) is 8.04. The molecule has 0 N–H and O–H groups in total. The Morgan fingerprint density at radius 3 is 1.76 bits per heavy atom. The van der Waals surface area contributed by atoms with Crippen LogP contribution in [0.1, 0.15) is 44.6 Å². The van der Waals surface area contributed by atoms with Crippen molar-refractivity contribution in [3.05, 3.63) is 34.6 Å². The number of halogens is 5. The van der Waals surface area contributed by atoms with Gasteiger partial charge in [-0.2, -0.15) is 0 Å². The van der Waals surface area contributed by atoms with E-state index in [1.54, 1.807) is 0 Å². The second-order valence-corrected chi connectivity index (χ2v) is 7.50. The number of hydrogen-bond donors (Lipinski definition) is 0. The summed E-state index contributed by atoms with van der Waals surface area (Å²) in [7, 11) is 0.974. The van der Waals surface area contributed by atoms with E-state index in [4.69, 9.17) is 13.3 Å². The number of rotatable bonds is 11. The van der Waals surface area contributed by atoms with Crippen LogP contribution in [0.4, 0.5) is 22.0 Å². The van der Waals surface area contributed by atoms with Gasteiger partial charge in [-0.05, 0) is 26.2 Å².